The summed E-state index contributed by atoms with van der Waals surface area (Å²) in [6.45, 7) is 58.7. The summed E-state index contributed by atoms with van der Waals surface area (Å²) in [5.74, 6) is 0. The van der Waals surface area contributed by atoms with Gasteiger partial charge >= 0.3 is 0 Å². The van der Waals surface area contributed by atoms with Crippen molar-refractivity contribution in [1.82, 2.24) is 0 Å². The van der Waals surface area contributed by atoms with E-state index in [-0.39, 0.29) is 0 Å². The third-order valence-corrected chi connectivity index (χ3v) is 6.14. The maximum absolute atomic E-state index is 4.83. The quantitative estimate of drug-likeness (QED) is 0.0841. The Kier molecular flexibility index (Phi) is 202. The molecule has 8 heteroatoms. The molecular weight excluding hydrogens is 729 g/mol. The highest BCUT2D eigenvalue weighted by Gasteiger charge is 1.77. The van der Waals surface area contributed by atoms with Crippen LogP contribution in [0.5, 0.6) is 0 Å². The van der Waals surface area contributed by atoms with Gasteiger partial charge in [0, 0.05) is 106 Å². The zero-order chi connectivity index (χ0) is 47.5. The summed E-state index contributed by atoms with van der Waals surface area (Å²) in [5.41, 5.74) is 0. The molecule has 0 N–H and O–H groups in total. The molecule has 0 spiro atoms. The fourth-order valence-corrected chi connectivity index (χ4v) is 3.13. The molecule has 0 bridgehead atoms. The summed E-state index contributed by atoms with van der Waals surface area (Å²) < 4.78 is 38.7. The van der Waals surface area contributed by atoms with Gasteiger partial charge in [0.15, 0.2) is 0 Å². The van der Waals surface area contributed by atoms with E-state index in [2.05, 4.69) is 41.5 Å². The van der Waals surface area contributed by atoms with Crippen LogP contribution in [0.15, 0.2) is 0 Å². The van der Waals surface area contributed by atoms with Gasteiger partial charge < -0.3 is 37.9 Å². The van der Waals surface area contributed by atoms with Gasteiger partial charge in [-0.3, -0.25) is 0 Å². The zero-order valence-corrected chi connectivity index (χ0v) is 45.1. The second kappa shape index (κ2) is 138. The van der Waals surface area contributed by atoms with Gasteiger partial charge in [0.2, 0.25) is 0 Å². The molecule has 0 aliphatic heterocycles. The van der Waals surface area contributed by atoms with Crippen LogP contribution in [0, 0.1) is 0 Å². The molecule has 0 aromatic carbocycles. The zero-order valence-electron chi connectivity index (χ0n) is 45.1. The van der Waals surface area contributed by atoms with E-state index in [0.717, 1.165) is 106 Å². The van der Waals surface area contributed by atoms with Crippen molar-refractivity contribution in [2.45, 2.75) is 229 Å². The van der Waals surface area contributed by atoms with Crippen molar-refractivity contribution in [3.63, 3.8) is 0 Å². The molecule has 8 nitrogen and oxygen atoms in total. The highest BCUT2D eigenvalue weighted by atomic mass is 16.5. The van der Waals surface area contributed by atoms with Crippen molar-refractivity contribution in [1.29, 1.82) is 0 Å². The normalized spacial score (nSPS) is 8.59. The molecular formula is C50H122O8. The van der Waals surface area contributed by atoms with Gasteiger partial charge in [-0.1, -0.05) is 119 Å². The fourth-order valence-electron chi connectivity index (χ4n) is 3.13. The Bertz CT molecular complexity index is 287. The number of ether oxygens (including phenoxy) is 8. The first-order chi connectivity index (χ1) is 28.1. The Morgan fingerprint density at radius 2 is 0.207 bits per heavy atom. The van der Waals surface area contributed by atoms with E-state index < -0.39 is 0 Å². The van der Waals surface area contributed by atoms with E-state index in [1.807, 2.05) is 111 Å². The first kappa shape index (κ1) is 85.0. The van der Waals surface area contributed by atoms with Crippen molar-refractivity contribution in [2.24, 2.45) is 0 Å². The molecule has 0 aliphatic rings. The summed E-state index contributed by atoms with van der Waals surface area (Å²) in [4.78, 5) is 0. The van der Waals surface area contributed by atoms with Crippen molar-refractivity contribution < 1.29 is 37.9 Å². The van der Waals surface area contributed by atoms with Crippen LogP contribution in [0.2, 0.25) is 0 Å². The van der Waals surface area contributed by atoms with Crippen LogP contribution < -0.4 is 0 Å². The first-order valence-electron chi connectivity index (χ1n) is 24.7. The number of unbranched alkanes of at least 4 members (excludes halogenated alkanes) is 9. The predicted octanol–water partition coefficient (Wildman–Crippen LogP) is 16.1. The van der Waals surface area contributed by atoms with Crippen LogP contribution in [0.1, 0.15) is 229 Å². The summed E-state index contributed by atoms with van der Waals surface area (Å²) in [6, 6.07) is 0. The standard InChI is InChI=1S/3C6H14.8C4H10O/c3*1-3-5-6-4-2;8*1-3-5-4-2/h3*3-6H2,1-2H3;8*3-4H2,1-2H3. The molecule has 58 heavy (non-hydrogen) atoms. The molecule has 0 unspecified atom stereocenters. The minimum Gasteiger partial charge on any atom is -0.382 e. The molecule has 0 atom stereocenters. The summed E-state index contributed by atoms with van der Waals surface area (Å²) in [7, 11) is 0. The topological polar surface area (TPSA) is 73.8 Å². The summed E-state index contributed by atoms with van der Waals surface area (Å²) >= 11 is 0. The van der Waals surface area contributed by atoms with Crippen molar-refractivity contribution in [2.75, 3.05) is 106 Å². The van der Waals surface area contributed by atoms with Crippen LogP contribution >= 0.6 is 0 Å². The van der Waals surface area contributed by atoms with Gasteiger partial charge in [0.25, 0.3) is 0 Å². The van der Waals surface area contributed by atoms with Gasteiger partial charge in [0.05, 0.1) is 0 Å². The maximum atomic E-state index is 4.83. The van der Waals surface area contributed by atoms with Crippen LogP contribution in [0.4, 0.5) is 0 Å². The molecule has 370 valence electrons. The van der Waals surface area contributed by atoms with Gasteiger partial charge in [-0.15, -0.1) is 0 Å². The van der Waals surface area contributed by atoms with Crippen LogP contribution in [-0.4, -0.2) is 106 Å². The van der Waals surface area contributed by atoms with Crippen LogP contribution in [0.25, 0.3) is 0 Å². The summed E-state index contributed by atoms with van der Waals surface area (Å²) in [5, 5.41) is 0. The molecule has 0 radical (unpaired) electrons. The van der Waals surface area contributed by atoms with E-state index in [4.69, 9.17) is 37.9 Å². The van der Waals surface area contributed by atoms with Crippen LogP contribution in [-0.2, 0) is 37.9 Å². The average molecular weight is 852 g/mol. The average Bonchev–Trinajstić information content (AvgIpc) is 3.23. The fraction of sp³-hybridized carbons (Fsp3) is 1.00. The lowest BCUT2D eigenvalue weighted by Crippen LogP contribution is -1.84. The molecule has 0 fully saturated rings. The van der Waals surface area contributed by atoms with Crippen LogP contribution in [0.3, 0.4) is 0 Å². The lowest BCUT2D eigenvalue weighted by atomic mass is 10.2. The lowest BCUT2D eigenvalue weighted by Gasteiger charge is -1.86. The molecule has 0 aromatic rings. The molecule has 0 saturated heterocycles. The minimum atomic E-state index is 0.844. The Balaban J connectivity index is -0.0000000466. The maximum Gasteiger partial charge on any atom is 0.0437 e. The van der Waals surface area contributed by atoms with Gasteiger partial charge in [0.1, 0.15) is 0 Å². The molecule has 0 amide bonds. The van der Waals surface area contributed by atoms with Gasteiger partial charge in [-0.05, 0) is 111 Å². The molecule has 0 aromatic heterocycles. The Hall–Kier alpha value is -0.320. The van der Waals surface area contributed by atoms with E-state index in [0.29, 0.717) is 0 Å². The SMILES string of the molecule is CCCCCC.CCCCCC.CCCCCC.CCOCC.CCOCC.CCOCC.CCOCC.CCOCC.CCOCC.CCOCC.CCOCC. The lowest BCUT2D eigenvalue weighted by molar-refractivity contribution is 0.162. The number of hydrogen-bond acceptors (Lipinski definition) is 8. The summed E-state index contributed by atoms with van der Waals surface area (Å²) in [6.07, 6.45) is 16.6. The van der Waals surface area contributed by atoms with E-state index in [1.165, 1.54) is 77.0 Å². The Morgan fingerprint density at radius 3 is 0.224 bits per heavy atom. The highest BCUT2D eigenvalue weighted by molar-refractivity contribution is 4.32. The van der Waals surface area contributed by atoms with Gasteiger partial charge in [-0.25, -0.2) is 0 Å². The predicted molar refractivity (Wildman–Crippen MR) is 267 cm³/mol. The molecule has 0 aliphatic carbocycles. The largest absolute Gasteiger partial charge is 0.382 e. The first-order valence-corrected chi connectivity index (χ1v) is 24.7. The monoisotopic (exact) mass is 851 g/mol. The molecule has 0 heterocycles. The van der Waals surface area contributed by atoms with E-state index >= 15 is 0 Å². The van der Waals surface area contributed by atoms with E-state index in [1.54, 1.807) is 0 Å². The van der Waals surface area contributed by atoms with Crippen molar-refractivity contribution >= 4 is 0 Å². The number of rotatable bonds is 25. The smallest absolute Gasteiger partial charge is 0.0437 e. The molecule has 0 rings (SSSR count). The second-order valence-corrected chi connectivity index (χ2v) is 11.4. The number of hydrogen-bond donors (Lipinski definition) is 0. The molecule has 0 saturated carbocycles. The van der Waals surface area contributed by atoms with E-state index in [9.17, 15) is 0 Å². The highest BCUT2D eigenvalue weighted by Crippen LogP contribution is 1.96. The Morgan fingerprint density at radius 1 is 0.138 bits per heavy atom. The third-order valence-electron chi connectivity index (χ3n) is 6.14. The minimum absolute atomic E-state index is 0.844. The second-order valence-electron chi connectivity index (χ2n) is 11.4. The van der Waals surface area contributed by atoms with Gasteiger partial charge in [-0.2, -0.15) is 0 Å². The Labute approximate surface area is 372 Å². The van der Waals surface area contributed by atoms with Crippen molar-refractivity contribution in [3.05, 3.63) is 0 Å². The third kappa shape index (κ3) is 273. The van der Waals surface area contributed by atoms with Crippen molar-refractivity contribution in [3.8, 4) is 0 Å².